The molecule has 1 rings (SSSR count). The summed E-state index contributed by atoms with van der Waals surface area (Å²) >= 11 is 0. The number of rotatable bonds is 7. The predicted octanol–water partition coefficient (Wildman–Crippen LogP) is 5.78. The van der Waals surface area contributed by atoms with Gasteiger partial charge in [0.25, 0.3) is 0 Å². The number of hydrogen-bond donors (Lipinski definition) is 1. The lowest BCUT2D eigenvalue weighted by molar-refractivity contribution is -0.138. The normalized spacial score (nSPS) is 13.1. The topological polar surface area (TPSA) is 29.5 Å². The van der Waals surface area contributed by atoms with Gasteiger partial charge in [-0.15, -0.1) is 0 Å². The lowest BCUT2D eigenvalue weighted by Crippen LogP contribution is -2.09. The van der Waals surface area contributed by atoms with Gasteiger partial charge in [-0.3, -0.25) is 0 Å². The van der Waals surface area contributed by atoms with Crippen molar-refractivity contribution in [3.63, 3.8) is 0 Å². The van der Waals surface area contributed by atoms with Crippen LogP contribution in [0.15, 0.2) is 35.2 Å². The van der Waals surface area contributed by atoms with Crippen molar-refractivity contribution in [3.8, 4) is 5.75 Å². The molecular formula is C16H23F3O2S2. The summed E-state index contributed by atoms with van der Waals surface area (Å²) in [6.45, 7) is 7.78. The number of aliphatic hydroxyl groups excluding tert-OH is 1. The van der Waals surface area contributed by atoms with Crippen molar-refractivity contribution in [3.05, 3.63) is 40.8 Å². The molecule has 0 radical (unpaired) electrons. The summed E-state index contributed by atoms with van der Waals surface area (Å²) in [6.07, 6.45) is -2.64. The first kappa shape index (κ1) is 22.2. The van der Waals surface area contributed by atoms with E-state index in [-0.39, 0.29) is 24.2 Å². The summed E-state index contributed by atoms with van der Waals surface area (Å²) in [7, 11) is 2.85. The molecule has 0 aliphatic rings. The second kappa shape index (κ2) is 11.7. The first-order valence-corrected chi connectivity index (χ1v) is 9.48. The van der Waals surface area contributed by atoms with Gasteiger partial charge in [-0.1, -0.05) is 60.6 Å². The lowest BCUT2D eigenvalue weighted by Gasteiger charge is -2.15. The maximum Gasteiger partial charge on any atom is 0.419 e. The molecule has 0 aliphatic carbocycles. The highest BCUT2D eigenvalue weighted by atomic mass is 33.1. The second-order valence-corrected chi connectivity index (χ2v) is 6.98. The Kier molecular flexibility index (Phi) is 11.3. The summed E-state index contributed by atoms with van der Waals surface area (Å²) in [5.41, 5.74) is -0.776. The number of ether oxygens (including phenoxy) is 1. The molecule has 1 aromatic rings. The van der Waals surface area contributed by atoms with Crippen molar-refractivity contribution >= 4 is 21.6 Å². The van der Waals surface area contributed by atoms with Crippen LogP contribution in [0.25, 0.3) is 0 Å². The van der Waals surface area contributed by atoms with Gasteiger partial charge in [0.1, 0.15) is 12.4 Å². The van der Waals surface area contributed by atoms with Crippen molar-refractivity contribution in [2.75, 3.05) is 13.2 Å². The Labute approximate surface area is 143 Å². The Balaban J connectivity index is 0.00000232. The SMILES string of the molecule is C/C=C(/COc1ccccc1C(F)(F)F)SSC(C)CO.CC. The van der Waals surface area contributed by atoms with Crippen molar-refractivity contribution < 1.29 is 23.0 Å². The summed E-state index contributed by atoms with van der Waals surface area (Å²) in [5, 5.41) is 8.99. The maximum absolute atomic E-state index is 12.8. The zero-order valence-electron chi connectivity index (χ0n) is 13.7. The van der Waals surface area contributed by atoms with Crippen LogP contribution in [0.1, 0.15) is 33.3 Å². The molecule has 0 bridgehead atoms. The van der Waals surface area contributed by atoms with E-state index in [2.05, 4.69) is 0 Å². The van der Waals surface area contributed by atoms with Gasteiger partial charge in [-0.05, 0) is 19.1 Å². The molecule has 7 heteroatoms. The fourth-order valence-corrected chi connectivity index (χ4v) is 3.34. The zero-order valence-corrected chi connectivity index (χ0v) is 15.3. The average molecular weight is 368 g/mol. The van der Waals surface area contributed by atoms with Crippen LogP contribution in [-0.4, -0.2) is 23.6 Å². The molecule has 1 unspecified atom stereocenters. The molecular weight excluding hydrogens is 345 g/mol. The van der Waals surface area contributed by atoms with E-state index >= 15 is 0 Å². The summed E-state index contributed by atoms with van der Waals surface area (Å²) < 4.78 is 43.8. The Morgan fingerprint density at radius 2 is 1.91 bits per heavy atom. The minimum absolute atomic E-state index is 0.0480. The highest BCUT2D eigenvalue weighted by Gasteiger charge is 2.34. The van der Waals surface area contributed by atoms with Gasteiger partial charge in [0.2, 0.25) is 0 Å². The van der Waals surface area contributed by atoms with Gasteiger partial charge >= 0.3 is 6.18 Å². The largest absolute Gasteiger partial charge is 0.488 e. The van der Waals surface area contributed by atoms with Gasteiger partial charge in [-0.2, -0.15) is 13.2 Å². The molecule has 2 nitrogen and oxygen atoms in total. The molecule has 132 valence electrons. The Morgan fingerprint density at radius 3 is 2.43 bits per heavy atom. The number of benzene rings is 1. The first-order valence-electron chi connectivity index (χ1n) is 7.26. The van der Waals surface area contributed by atoms with E-state index in [9.17, 15) is 13.2 Å². The van der Waals surface area contributed by atoms with Gasteiger partial charge in [0.15, 0.2) is 0 Å². The van der Waals surface area contributed by atoms with E-state index in [4.69, 9.17) is 9.84 Å². The predicted molar refractivity (Wildman–Crippen MR) is 93.8 cm³/mol. The van der Waals surface area contributed by atoms with E-state index in [1.54, 1.807) is 13.0 Å². The van der Waals surface area contributed by atoms with Crippen molar-refractivity contribution in [2.24, 2.45) is 0 Å². The molecule has 1 N–H and O–H groups in total. The third-order valence-electron chi connectivity index (χ3n) is 2.46. The fourth-order valence-electron chi connectivity index (χ4n) is 1.31. The fraction of sp³-hybridized carbons (Fsp3) is 0.500. The molecule has 0 amide bonds. The smallest absolute Gasteiger partial charge is 0.419 e. The average Bonchev–Trinajstić information content (AvgIpc) is 2.56. The molecule has 0 saturated heterocycles. The highest BCUT2D eigenvalue weighted by molar-refractivity contribution is 8.78. The Hall–Kier alpha value is -0.790. The van der Waals surface area contributed by atoms with Crippen LogP contribution in [-0.2, 0) is 6.18 Å². The molecule has 23 heavy (non-hydrogen) atoms. The van der Waals surface area contributed by atoms with E-state index in [0.717, 1.165) is 11.0 Å². The molecule has 0 aromatic heterocycles. The van der Waals surface area contributed by atoms with Crippen LogP contribution in [0.5, 0.6) is 5.75 Å². The van der Waals surface area contributed by atoms with Crippen LogP contribution in [0, 0.1) is 0 Å². The first-order chi connectivity index (χ1) is 10.9. The number of allylic oxidation sites excluding steroid dienone is 1. The minimum Gasteiger partial charge on any atom is -0.488 e. The van der Waals surface area contributed by atoms with Crippen LogP contribution in [0.2, 0.25) is 0 Å². The van der Waals surface area contributed by atoms with Gasteiger partial charge in [0.05, 0.1) is 12.2 Å². The number of para-hydroxylation sites is 1. The molecule has 0 spiro atoms. The van der Waals surface area contributed by atoms with Crippen molar-refractivity contribution in [1.82, 2.24) is 0 Å². The summed E-state index contributed by atoms with van der Waals surface area (Å²) in [5.74, 6) is -0.176. The van der Waals surface area contributed by atoms with E-state index < -0.39 is 11.7 Å². The number of aliphatic hydroxyl groups is 1. The monoisotopic (exact) mass is 368 g/mol. The van der Waals surface area contributed by atoms with Crippen LogP contribution in [0.4, 0.5) is 13.2 Å². The molecule has 0 saturated carbocycles. The zero-order chi connectivity index (χ0) is 17.9. The van der Waals surface area contributed by atoms with Gasteiger partial charge in [0, 0.05) is 10.2 Å². The van der Waals surface area contributed by atoms with Crippen molar-refractivity contribution in [2.45, 2.75) is 39.1 Å². The van der Waals surface area contributed by atoms with E-state index in [1.165, 1.54) is 39.8 Å². The van der Waals surface area contributed by atoms with E-state index in [1.807, 2.05) is 20.8 Å². The van der Waals surface area contributed by atoms with E-state index in [0.29, 0.717) is 0 Å². The molecule has 1 atom stereocenters. The quantitative estimate of drug-likeness (QED) is 0.618. The highest BCUT2D eigenvalue weighted by Crippen LogP contribution is 2.37. The Bertz CT molecular complexity index is 477. The maximum atomic E-state index is 12.8. The molecule has 0 aliphatic heterocycles. The van der Waals surface area contributed by atoms with Crippen molar-refractivity contribution in [1.29, 1.82) is 0 Å². The molecule has 1 aromatic carbocycles. The number of halogens is 3. The number of alkyl halides is 3. The minimum atomic E-state index is -4.43. The van der Waals surface area contributed by atoms with Crippen LogP contribution in [0.3, 0.4) is 0 Å². The van der Waals surface area contributed by atoms with Gasteiger partial charge < -0.3 is 9.84 Å². The molecule has 0 heterocycles. The standard InChI is InChI=1S/C14H17F3O2S2.C2H6/c1-3-11(21-20-10(2)8-18)9-19-13-7-5-4-6-12(13)14(15,16)17;1-2/h3-7,10,18H,8-9H2,1-2H3;1-2H3/b11-3-;. The lowest BCUT2D eigenvalue weighted by atomic mass is 10.2. The Morgan fingerprint density at radius 1 is 1.30 bits per heavy atom. The summed E-state index contributed by atoms with van der Waals surface area (Å²) in [4.78, 5) is 0.803. The number of hydrogen-bond acceptors (Lipinski definition) is 4. The third-order valence-corrected chi connectivity index (χ3v) is 5.52. The molecule has 0 fully saturated rings. The second-order valence-electron chi connectivity index (χ2n) is 4.21. The van der Waals surface area contributed by atoms with Crippen LogP contribution < -0.4 is 4.74 Å². The third kappa shape index (κ3) is 8.58. The van der Waals surface area contributed by atoms with Crippen LogP contribution >= 0.6 is 21.6 Å². The van der Waals surface area contributed by atoms with Gasteiger partial charge in [-0.25, -0.2) is 0 Å². The summed E-state index contributed by atoms with van der Waals surface area (Å²) in [6, 6.07) is 5.15.